The molecule has 2 N–H and O–H groups in total. The number of benzene rings is 3. The van der Waals surface area contributed by atoms with Crippen LogP contribution in [0.25, 0.3) is 11.1 Å². The number of carbonyl (C=O) groups excluding carboxylic acids is 1. The lowest BCUT2D eigenvalue weighted by atomic mass is 9.90. The van der Waals surface area contributed by atoms with Crippen molar-refractivity contribution < 1.29 is 4.79 Å². The predicted molar refractivity (Wildman–Crippen MR) is 116 cm³/mol. The summed E-state index contributed by atoms with van der Waals surface area (Å²) in [5.74, 6) is 0.517. The molecule has 1 heterocycles. The largest absolute Gasteiger partial charge is 0.322 e. The highest BCUT2D eigenvalue weighted by molar-refractivity contribution is 6.30. The van der Waals surface area contributed by atoms with Gasteiger partial charge in [-0.05, 0) is 84.9 Å². The Labute approximate surface area is 170 Å². The third kappa shape index (κ3) is 4.44. The third-order valence-electron chi connectivity index (χ3n) is 5.30. The van der Waals surface area contributed by atoms with Crippen molar-refractivity contribution in [2.75, 3.05) is 18.4 Å². The summed E-state index contributed by atoms with van der Waals surface area (Å²) < 4.78 is 0. The summed E-state index contributed by atoms with van der Waals surface area (Å²) >= 11 is 5.94. The second-order valence-electron chi connectivity index (χ2n) is 7.18. The fourth-order valence-electron chi connectivity index (χ4n) is 3.65. The molecule has 0 aliphatic carbocycles. The molecule has 3 nitrogen and oxygen atoms in total. The first-order valence-corrected chi connectivity index (χ1v) is 10.0. The summed E-state index contributed by atoms with van der Waals surface area (Å²) in [7, 11) is 0. The summed E-state index contributed by atoms with van der Waals surface area (Å²) in [5.41, 5.74) is 4.95. The summed E-state index contributed by atoms with van der Waals surface area (Å²) in [6.45, 7) is 2.16. The fraction of sp³-hybridized carbons (Fsp3) is 0.208. The lowest BCUT2D eigenvalue weighted by Crippen LogP contribution is -2.26. The molecule has 142 valence electrons. The van der Waals surface area contributed by atoms with Gasteiger partial charge in [-0.25, -0.2) is 0 Å². The molecule has 3 aromatic carbocycles. The van der Waals surface area contributed by atoms with Gasteiger partial charge in [-0.15, -0.1) is 0 Å². The maximum Gasteiger partial charge on any atom is 0.255 e. The average molecular weight is 391 g/mol. The van der Waals surface area contributed by atoms with E-state index in [0.29, 0.717) is 16.5 Å². The molecule has 0 radical (unpaired) electrons. The first kappa shape index (κ1) is 18.7. The minimum absolute atomic E-state index is 0.0997. The van der Waals surface area contributed by atoms with Crippen LogP contribution >= 0.6 is 11.6 Å². The molecule has 1 fully saturated rings. The van der Waals surface area contributed by atoms with Crippen LogP contribution < -0.4 is 10.6 Å². The van der Waals surface area contributed by atoms with Gasteiger partial charge >= 0.3 is 0 Å². The molecular weight excluding hydrogens is 368 g/mol. The zero-order chi connectivity index (χ0) is 19.3. The maximum atomic E-state index is 12.6. The fourth-order valence-corrected chi connectivity index (χ4v) is 3.78. The lowest BCUT2D eigenvalue weighted by molar-refractivity contribution is 0.102. The summed E-state index contributed by atoms with van der Waals surface area (Å²) in [6, 6.07) is 23.6. The quantitative estimate of drug-likeness (QED) is 0.597. The van der Waals surface area contributed by atoms with Gasteiger partial charge in [0, 0.05) is 16.3 Å². The van der Waals surface area contributed by atoms with Gasteiger partial charge in [-0.3, -0.25) is 4.79 Å². The Bertz CT molecular complexity index is 928. The van der Waals surface area contributed by atoms with E-state index in [1.807, 2.05) is 60.7 Å². The van der Waals surface area contributed by atoms with Crippen molar-refractivity contribution in [1.82, 2.24) is 5.32 Å². The van der Waals surface area contributed by atoms with Crippen LogP contribution in [0.15, 0.2) is 72.8 Å². The number of carbonyl (C=O) groups is 1. The van der Waals surface area contributed by atoms with Crippen molar-refractivity contribution in [3.63, 3.8) is 0 Å². The Balaban J connectivity index is 1.41. The van der Waals surface area contributed by atoms with Gasteiger partial charge in [0.15, 0.2) is 0 Å². The van der Waals surface area contributed by atoms with Crippen LogP contribution in [0.1, 0.15) is 34.7 Å². The number of rotatable bonds is 4. The molecule has 1 amide bonds. The van der Waals surface area contributed by atoms with E-state index in [4.69, 9.17) is 11.6 Å². The molecule has 0 saturated carbocycles. The first-order chi connectivity index (χ1) is 13.7. The molecule has 1 saturated heterocycles. The molecule has 1 aliphatic heterocycles. The summed E-state index contributed by atoms with van der Waals surface area (Å²) in [5, 5.41) is 7.09. The van der Waals surface area contributed by atoms with Crippen LogP contribution in [-0.4, -0.2) is 19.0 Å². The monoisotopic (exact) mass is 390 g/mol. The van der Waals surface area contributed by atoms with Gasteiger partial charge in [-0.1, -0.05) is 48.0 Å². The van der Waals surface area contributed by atoms with E-state index in [0.717, 1.165) is 29.9 Å². The molecule has 4 heteroatoms. The molecule has 0 spiro atoms. The first-order valence-electron chi connectivity index (χ1n) is 9.67. The van der Waals surface area contributed by atoms with Gasteiger partial charge < -0.3 is 10.6 Å². The molecule has 0 aromatic heterocycles. The van der Waals surface area contributed by atoms with E-state index >= 15 is 0 Å². The SMILES string of the molecule is O=C(Nc1ccc(C2CCNCC2)cc1)c1ccc(-c2ccc(Cl)cc2)cc1. The van der Waals surface area contributed by atoms with Crippen molar-refractivity contribution in [3.05, 3.63) is 88.9 Å². The van der Waals surface area contributed by atoms with Crippen LogP contribution in [0.2, 0.25) is 5.02 Å². The Morgan fingerprint density at radius 2 is 1.39 bits per heavy atom. The molecule has 28 heavy (non-hydrogen) atoms. The van der Waals surface area contributed by atoms with Crippen LogP contribution in [-0.2, 0) is 0 Å². The summed E-state index contributed by atoms with van der Waals surface area (Å²) in [6.07, 6.45) is 2.34. The highest BCUT2D eigenvalue weighted by atomic mass is 35.5. The van der Waals surface area contributed by atoms with E-state index in [1.165, 1.54) is 18.4 Å². The molecule has 0 bridgehead atoms. The third-order valence-corrected chi connectivity index (χ3v) is 5.56. The van der Waals surface area contributed by atoms with Crippen molar-refractivity contribution in [1.29, 1.82) is 0 Å². The standard InChI is InChI=1S/C24H23ClN2O/c25-22-9-5-18(6-10-22)17-1-3-21(4-2-17)24(28)27-23-11-7-19(8-12-23)20-13-15-26-16-14-20/h1-12,20,26H,13-16H2,(H,27,28). The number of hydrogen-bond donors (Lipinski definition) is 2. The normalized spacial score (nSPS) is 14.6. The maximum absolute atomic E-state index is 12.6. The highest BCUT2D eigenvalue weighted by Crippen LogP contribution is 2.26. The van der Waals surface area contributed by atoms with Crippen LogP contribution in [0.4, 0.5) is 5.69 Å². The number of halogens is 1. The smallest absolute Gasteiger partial charge is 0.255 e. The second kappa shape index (κ2) is 8.59. The summed E-state index contributed by atoms with van der Waals surface area (Å²) in [4.78, 5) is 12.6. The zero-order valence-electron chi connectivity index (χ0n) is 15.6. The molecular formula is C24H23ClN2O. The van der Waals surface area contributed by atoms with E-state index in [-0.39, 0.29) is 5.91 Å². The van der Waals surface area contributed by atoms with Crippen molar-refractivity contribution >= 4 is 23.2 Å². The number of nitrogens with one attached hydrogen (secondary N) is 2. The number of piperidine rings is 1. The van der Waals surface area contributed by atoms with E-state index in [2.05, 4.69) is 22.8 Å². The minimum Gasteiger partial charge on any atom is -0.322 e. The Kier molecular flexibility index (Phi) is 5.75. The second-order valence-corrected chi connectivity index (χ2v) is 7.62. The van der Waals surface area contributed by atoms with E-state index in [9.17, 15) is 4.79 Å². The van der Waals surface area contributed by atoms with Gasteiger partial charge in [0.2, 0.25) is 0 Å². The number of amides is 1. The zero-order valence-corrected chi connectivity index (χ0v) is 16.4. The minimum atomic E-state index is -0.0997. The topological polar surface area (TPSA) is 41.1 Å². The predicted octanol–water partition coefficient (Wildman–Crippen LogP) is 5.73. The molecule has 0 unspecified atom stereocenters. The molecule has 1 aliphatic rings. The number of hydrogen-bond acceptors (Lipinski definition) is 2. The van der Waals surface area contributed by atoms with E-state index in [1.54, 1.807) is 0 Å². The average Bonchev–Trinajstić information content (AvgIpc) is 2.75. The van der Waals surface area contributed by atoms with Crippen molar-refractivity contribution in [2.45, 2.75) is 18.8 Å². The molecule has 4 rings (SSSR count). The van der Waals surface area contributed by atoms with Crippen LogP contribution in [0, 0.1) is 0 Å². The molecule has 0 atom stereocenters. The van der Waals surface area contributed by atoms with Crippen molar-refractivity contribution in [2.24, 2.45) is 0 Å². The van der Waals surface area contributed by atoms with Gasteiger partial charge in [0.05, 0.1) is 0 Å². The highest BCUT2D eigenvalue weighted by Gasteiger charge is 2.15. The van der Waals surface area contributed by atoms with Crippen LogP contribution in [0.5, 0.6) is 0 Å². The Hall–Kier alpha value is -2.62. The Morgan fingerprint density at radius 3 is 2.00 bits per heavy atom. The van der Waals surface area contributed by atoms with Gasteiger partial charge in [-0.2, -0.15) is 0 Å². The lowest BCUT2D eigenvalue weighted by Gasteiger charge is -2.23. The Morgan fingerprint density at radius 1 is 0.821 bits per heavy atom. The van der Waals surface area contributed by atoms with Gasteiger partial charge in [0.1, 0.15) is 0 Å². The van der Waals surface area contributed by atoms with Crippen LogP contribution in [0.3, 0.4) is 0 Å². The van der Waals surface area contributed by atoms with Crippen molar-refractivity contribution in [3.8, 4) is 11.1 Å². The molecule has 3 aromatic rings. The number of anilines is 1. The van der Waals surface area contributed by atoms with Gasteiger partial charge in [0.25, 0.3) is 5.91 Å². The van der Waals surface area contributed by atoms with E-state index < -0.39 is 0 Å².